The molecule has 0 unspecified atom stereocenters. The second-order valence-corrected chi connectivity index (χ2v) is 2.94. The molecule has 4 heteroatoms. The van der Waals surface area contributed by atoms with E-state index in [1.807, 2.05) is 6.92 Å². The number of ether oxygens (including phenoxy) is 1. The van der Waals surface area contributed by atoms with Crippen molar-refractivity contribution in [3.05, 3.63) is 0 Å². The summed E-state index contributed by atoms with van der Waals surface area (Å²) in [6.45, 7) is 1.87. The van der Waals surface area contributed by atoms with E-state index in [9.17, 15) is 5.11 Å². The highest BCUT2D eigenvalue weighted by atomic mass is 16.5. The first-order chi connectivity index (χ1) is 5.20. The van der Waals surface area contributed by atoms with Crippen molar-refractivity contribution in [2.75, 3.05) is 13.7 Å². The number of rotatable bonds is 2. The molecule has 0 aromatic rings. The van der Waals surface area contributed by atoms with E-state index in [0.717, 1.165) is 0 Å². The molecular weight excluding hydrogens is 146 g/mol. The van der Waals surface area contributed by atoms with Gasteiger partial charge in [0.15, 0.2) is 0 Å². The lowest BCUT2D eigenvalue weighted by atomic mass is 10.1. The Bertz CT molecular complexity index is 131. The van der Waals surface area contributed by atoms with E-state index in [4.69, 9.17) is 9.84 Å². The molecule has 66 valence electrons. The molecule has 0 saturated carbocycles. The SMILES string of the molecule is CO[C@H]1[C@@H](O)[C@H](C)N[C@@H]1CO. The van der Waals surface area contributed by atoms with Crippen molar-refractivity contribution in [3.63, 3.8) is 0 Å². The molecule has 1 heterocycles. The lowest BCUT2D eigenvalue weighted by Crippen LogP contribution is -2.37. The Morgan fingerprint density at radius 3 is 2.55 bits per heavy atom. The number of hydrogen-bond donors (Lipinski definition) is 3. The average molecular weight is 161 g/mol. The third-order valence-corrected chi connectivity index (χ3v) is 2.19. The highest BCUT2D eigenvalue weighted by Gasteiger charge is 2.39. The van der Waals surface area contributed by atoms with Crippen LogP contribution in [0.5, 0.6) is 0 Å². The fraction of sp³-hybridized carbons (Fsp3) is 1.00. The van der Waals surface area contributed by atoms with Crippen LogP contribution in [0.15, 0.2) is 0 Å². The van der Waals surface area contributed by atoms with Crippen LogP contribution in [-0.2, 0) is 4.74 Å². The van der Waals surface area contributed by atoms with Gasteiger partial charge >= 0.3 is 0 Å². The van der Waals surface area contributed by atoms with Crippen molar-refractivity contribution < 1.29 is 14.9 Å². The number of hydrogen-bond acceptors (Lipinski definition) is 4. The number of aliphatic hydroxyl groups excluding tert-OH is 2. The first-order valence-corrected chi connectivity index (χ1v) is 3.78. The van der Waals surface area contributed by atoms with Crippen LogP contribution >= 0.6 is 0 Å². The molecule has 1 saturated heterocycles. The van der Waals surface area contributed by atoms with Crippen molar-refractivity contribution in [2.24, 2.45) is 0 Å². The summed E-state index contributed by atoms with van der Waals surface area (Å²) < 4.78 is 5.02. The number of aliphatic hydroxyl groups is 2. The van der Waals surface area contributed by atoms with Gasteiger partial charge in [-0.2, -0.15) is 0 Å². The Kier molecular flexibility index (Phi) is 2.84. The molecule has 0 aromatic heterocycles. The van der Waals surface area contributed by atoms with Gasteiger partial charge in [-0.15, -0.1) is 0 Å². The molecule has 3 N–H and O–H groups in total. The van der Waals surface area contributed by atoms with Crippen molar-refractivity contribution in [1.29, 1.82) is 0 Å². The molecule has 0 spiro atoms. The number of methoxy groups -OCH3 is 1. The highest BCUT2D eigenvalue weighted by Crippen LogP contribution is 2.16. The molecule has 4 nitrogen and oxygen atoms in total. The summed E-state index contributed by atoms with van der Waals surface area (Å²) in [5.74, 6) is 0. The Balaban J connectivity index is 2.57. The van der Waals surface area contributed by atoms with Gasteiger partial charge in [0, 0.05) is 13.2 Å². The van der Waals surface area contributed by atoms with Crippen LogP contribution in [0.2, 0.25) is 0 Å². The lowest BCUT2D eigenvalue weighted by Gasteiger charge is -2.17. The average Bonchev–Trinajstić information content (AvgIpc) is 2.28. The Morgan fingerprint density at radius 2 is 2.18 bits per heavy atom. The standard InChI is InChI=1S/C7H15NO3/c1-4-6(10)7(11-2)5(3-9)8-4/h4-10H,3H2,1-2H3/t4-,5+,6-,7+/m0/s1. The zero-order valence-corrected chi connectivity index (χ0v) is 6.82. The van der Waals surface area contributed by atoms with Crippen molar-refractivity contribution in [3.8, 4) is 0 Å². The first kappa shape index (κ1) is 8.93. The maximum atomic E-state index is 9.46. The first-order valence-electron chi connectivity index (χ1n) is 3.78. The number of nitrogens with one attached hydrogen (secondary N) is 1. The highest BCUT2D eigenvalue weighted by molar-refractivity contribution is 4.96. The van der Waals surface area contributed by atoms with Crippen LogP contribution in [0.3, 0.4) is 0 Å². The minimum Gasteiger partial charge on any atom is -0.395 e. The van der Waals surface area contributed by atoms with Crippen molar-refractivity contribution >= 4 is 0 Å². The molecule has 0 radical (unpaired) electrons. The second kappa shape index (κ2) is 3.49. The zero-order valence-electron chi connectivity index (χ0n) is 6.82. The smallest absolute Gasteiger partial charge is 0.102 e. The van der Waals surface area contributed by atoms with Gasteiger partial charge in [-0.3, -0.25) is 0 Å². The van der Waals surface area contributed by atoms with E-state index in [2.05, 4.69) is 5.32 Å². The zero-order chi connectivity index (χ0) is 8.43. The predicted molar refractivity (Wildman–Crippen MR) is 40.3 cm³/mol. The normalized spacial score (nSPS) is 44.7. The molecule has 4 atom stereocenters. The molecule has 0 bridgehead atoms. The summed E-state index contributed by atoms with van der Waals surface area (Å²) in [7, 11) is 1.54. The Labute approximate surface area is 66.2 Å². The van der Waals surface area contributed by atoms with Crippen molar-refractivity contribution in [2.45, 2.75) is 31.2 Å². The third-order valence-electron chi connectivity index (χ3n) is 2.19. The van der Waals surface area contributed by atoms with Crippen LogP contribution in [-0.4, -0.2) is 48.2 Å². The monoisotopic (exact) mass is 161 g/mol. The van der Waals surface area contributed by atoms with Crippen LogP contribution in [0, 0.1) is 0 Å². The maximum Gasteiger partial charge on any atom is 0.102 e. The van der Waals surface area contributed by atoms with Crippen molar-refractivity contribution in [1.82, 2.24) is 5.32 Å². The summed E-state index contributed by atoms with van der Waals surface area (Å²) in [6.07, 6.45) is -0.799. The van der Waals surface area contributed by atoms with Gasteiger partial charge in [0.1, 0.15) is 6.10 Å². The largest absolute Gasteiger partial charge is 0.395 e. The molecule has 1 aliphatic heterocycles. The molecule has 0 amide bonds. The quantitative estimate of drug-likeness (QED) is 0.472. The van der Waals surface area contributed by atoms with E-state index in [1.165, 1.54) is 7.11 Å². The van der Waals surface area contributed by atoms with E-state index < -0.39 is 6.10 Å². The summed E-state index contributed by atoms with van der Waals surface area (Å²) in [6, 6.07) is -0.137. The second-order valence-electron chi connectivity index (χ2n) is 2.94. The molecule has 1 fully saturated rings. The van der Waals surface area contributed by atoms with Crippen LogP contribution in [0.4, 0.5) is 0 Å². The maximum absolute atomic E-state index is 9.46. The molecular formula is C7H15NO3. The fourth-order valence-electron chi connectivity index (χ4n) is 1.51. The van der Waals surface area contributed by atoms with Gasteiger partial charge in [-0.1, -0.05) is 0 Å². The summed E-state index contributed by atoms with van der Waals surface area (Å²) in [4.78, 5) is 0. The summed E-state index contributed by atoms with van der Waals surface area (Å²) >= 11 is 0. The predicted octanol–water partition coefficient (Wildman–Crippen LogP) is -1.29. The minimum absolute atomic E-state index is 0.0000926. The molecule has 1 rings (SSSR count). The van der Waals surface area contributed by atoms with Gasteiger partial charge < -0.3 is 20.3 Å². The van der Waals surface area contributed by atoms with E-state index in [1.54, 1.807) is 0 Å². The van der Waals surface area contributed by atoms with Gasteiger partial charge in [0.25, 0.3) is 0 Å². The summed E-state index contributed by atoms with van der Waals surface area (Å²) in [5, 5.41) is 21.3. The van der Waals surface area contributed by atoms with Crippen LogP contribution in [0.1, 0.15) is 6.92 Å². The Morgan fingerprint density at radius 1 is 1.55 bits per heavy atom. The lowest BCUT2D eigenvalue weighted by molar-refractivity contribution is -0.00988. The van der Waals surface area contributed by atoms with E-state index >= 15 is 0 Å². The topological polar surface area (TPSA) is 61.7 Å². The molecule has 11 heavy (non-hydrogen) atoms. The van der Waals surface area contributed by atoms with Gasteiger partial charge in [-0.25, -0.2) is 0 Å². The third kappa shape index (κ3) is 1.54. The summed E-state index contributed by atoms with van der Waals surface area (Å²) in [5.41, 5.74) is 0. The molecule has 0 aromatic carbocycles. The van der Waals surface area contributed by atoms with Gasteiger partial charge in [0.05, 0.1) is 18.8 Å². The van der Waals surface area contributed by atoms with E-state index in [-0.39, 0.29) is 24.8 Å². The van der Waals surface area contributed by atoms with Crippen LogP contribution in [0.25, 0.3) is 0 Å². The van der Waals surface area contributed by atoms with E-state index in [0.29, 0.717) is 0 Å². The van der Waals surface area contributed by atoms with Gasteiger partial charge in [-0.05, 0) is 6.92 Å². The fourth-order valence-corrected chi connectivity index (χ4v) is 1.51. The Hall–Kier alpha value is -0.160. The molecule has 1 aliphatic rings. The minimum atomic E-state index is -0.517. The molecule has 0 aliphatic carbocycles. The van der Waals surface area contributed by atoms with Crippen LogP contribution < -0.4 is 5.32 Å². The van der Waals surface area contributed by atoms with Gasteiger partial charge in [0.2, 0.25) is 0 Å².